The summed E-state index contributed by atoms with van der Waals surface area (Å²) in [6.45, 7) is 4.05. The summed E-state index contributed by atoms with van der Waals surface area (Å²) >= 11 is 7.67. The molecular formula is C25H23ClFN3O3S. The van der Waals surface area contributed by atoms with Crippen molar-refractivity contribution in [3.63, 3.8) is 0 Å². The second kappa shape index (κ2) is 10.4. The number of amidine groups is 1. The van der Waals surface area contributed by atoms with Crippen molar-refractivity contribution in [2.24, 2.45) is 4.99 Å². The number of ether oxygens (including phenoxy) is 1. The summed E-state index contributed by atoms with van der Waals surface area (Å²) in [5, 5.41) is 5.95. The fourth-order valence-corrected chi connectivity index (χ4v) is 5.02. The topological polar surface area (TPSA) is 71.0 Å². The van der Waals surface area contributed by atoms with Gasteiger partial charge in [0, 0.05) is 17.3 Å². The van der Waals surface area contributed by atoms with Gasteiger partial charge in [-0.05, 0) is 54.6 Å². The quantitative estimate of drug-likeness (QED) is 0.522. The monoisotopic (exact) mass is 499 g/mol. The van der Waals surface area contributed by atoms with Gasteiger partial charge in [0.1, 0.15) is 5.82 Å². The Morgan fingerprint density at radius 2 is 2.00 bits per heavy atom. The highest BCUT2D eigenvalue weighted by Gasteiger charge is 2.41. The number of aliphatic imine (C=N–C) groups is 1. The van der Waals surface area contributed by atoms with E-state index in [1.54, 1.807) is 38.1 Å². The molecule has 2 aromatic rings. The Kier molecular flexibility index (Phi) is 7.38. The van der Waals surface area contributed by atoms with E-state index in [0.29, 0.717) is 27.2 Å². The zero-order valence-corrected chi connectivity index (χ0v) is 20.3. The highest BCUT2D eigenvalue weighted by atomic mass is 35.5. The SMILES string of the molecule is CCOC(=O)C1=C(C)N=C2SC=C(CC(=O)NCc3ccc(F)cc3)N2C1c1cccc(Cl)c1. The number of hydrogen-bond donors (Lipinski definition) is 1. The molecule has 176 valence electrons. The molecule has 1 N–H and O–H groups in total. The molecule has 2 aliphatic rings. The van der Waals surface area contributed by atoms with Gasteiger partial charge in [-0.15, -0.1) is 0 Å². The second-order valence-corrected chi connectivity index (χ2v) is 9.02. The van der Waals surface area contributed by atoms with Crippen molar-refractivity contribution in [3.8, 4) is 0 Å². The molecule has 0 spiro atoms. The number of carbonyl (C=O) groups excluding carboxylic acids is 2. The van der Waals surface area contributed by atoms with E-state index < -0.39 is 12.0 Å². The Hall–Kier alpha value is -3.10. The molecule has 0 saturated heterocycles. The first-order valence-electron chi connectivity index (χ1n) is 10.8. The Morgan fingerprint density at radius 1 is 1.24 bits per heavy atom. The van der Waals surface area contributed by atoms with Crippen LogP contribution >= 0.6 is 23.4 Å². The number of thioether (sulfide) groups is 1. The molecule has 0 bridgehead atoms. The van der Waals surface area contributed by atoms with Crippen molar-refractivity contribution in [2.75, 3.05) is 6.61 Å². The van der Waals surface area contributed by atoms with Gasteiger partial charge in [-0.3, -0.25) is 4.79 Å². The molecule has 0 radical (unpaired) electrons. The number of nitrogens with zero attached hydrogens (tertiary/aromatic N) is 2. The summed E-state index contributed by atoms with van der Waals surface area (Å²) in [6.07, 6.45) is 0.0828. The van der Waals surface area contributed by atoms with Gasteiger partial charge in [0.2, 0.25) is 5.91 Å². The molecule has 2 heterocycles. The third kappa shape index (κ3) is 5.18. The van der Waals surface area contributed by atoms with Crippen molar-refractivity contribution in [2.45, 2.75) is 32.9 Å². The van der Waals surface area contributed by atoms with Crippen LogP contribution in [0.5, 0.6) is 0 Å². The summed E-state index contributed by atoms with van der Waals surface area (Å²) in [5.41, 5.74) is 3.28. The van der Waals surface area contributed by atoms with E-state index in [9.17, 15) is 14.0 Å². The number of nitrogens with one attached hydrogen (secondary N) is 1. The Balaban J connectivity index is 1.59. The third-order valence-electron chi connectivity index (χ3n) is 5.41. The lowest BCUT2D eigenvalue weighted by Gasteiger charge is -2.36. The summed E-state index contributed by atoms with van der Waals surface area (Å²) in [7, 11) is 0. The molecule has 0 fully saturated rings. The van der Waals surface area contributed by atoms with Crippen LogP contribution in [0, 0.1) is 5.82 Å². The Bertz CT molecular complexity index is 1210. The third-order valence-corrected chi connectivity index (χ3v) is 6.53. The molecular weight excluding hydrogens is 477 g/mol. The lowest BCUT2D eigenvalue weighted by atomic mass is 9.94. The van der Waals surface area contributed by atoms with Crippen LogP contribution in [0.2, 0.25) is 5.02 Å². The molecule has 1 unspecified atom stereocenters. The largest absolute Gasteiger partial charge is 0.463 e. The van der Waals surface area contributed by atoms with Gasteiger partial charge in [-0.2, -0.15) is 0 Å². The van der Waals surface area contributed by atoms with Crippen LogP contribution in [0.4, 0.5) is 4.39 Å². The van der Waals surface area contributed by atoms with Crippen molar-refractivity contribution < 1.29 is 18.7 Å². The number of hydrogen-bond acceptors (Lipinski definition) is 6. The highest BCUT2D eigenvalue weighted by molar-refractivity contribution is 8.16. The van der Waals surface area contributed by atoms with E-state index in [4.69, 9.17) is 16.3 Å². The smallest absolute Gasteiger partial charge is 0.338 e. The van der Waals surface area contributed by atoms with Gasteiger partial charge < -0.3 is 15.0 Å². The van der Waals surface area contributed by atoms with E-state index >= 15 is 0 Å². The van der Waals surface area contributed by atoms with Crippen molar-refractivity contribution >= 4 is 40.4 Å². The van der Waals surface area contributed by atoms with Crippen LogP contribution in [0.3, 0.4) is 0 Å². The predicted octanol–water partition coefficient (Wildman–Crippen LogP) is 5.32. The fourth-order valence-electron chi connectivity index (χ4n) is 3.86. The van der Waals surface area contributed by atoms with E-state index in [0.717, 1.165) is 11.1 Å². The lowest BCUT2D eigenvalue weighted by molar-refractivity contribution is -0.139. The number of esters is 1. The zero-order chi connectivity index (χ0) is 24.2. The number of allylic oxidation sites excluding steroid dienone is 1. The van der Waals surface area contributed by atoms with E-state index in [1.165, 1.54) is 23.9 Å². The van der Waals surface area contributed by atoms with Gasteiger partial charge >= 0.3 is 5.97 Å². The maximum Gasteiger partial charge on any atom is 0.338 e. The summed E-state index contributed by atoms with van der Waals surface area (Å²) < 4.78 is 18.5. The van der Waals surface area contributed by atoms with E-state index in [2.05, 4.69) is 10.3 Å². The first-order valence-corrected chi connectivity index (χ1v) is 12.0. The normalized spacial score (nSPS) is 17.2. The van der Waals surface area contributed by atoms with E-state index in [-0.39, 0.29) is 31.3 Å². The number of carbonyl (C=O) groups is 2. The van der Waals surface area contributed by atoms with Crippen LogP contribution in [-0.4, -0.2) is 28.6 Å². The van der Waals surface area contributed by atoms with Crippen molar-refractivity contribution in [3.05, 3.63) is 92.9 Å². The minimum atomic E-state index is -0.531. The van der Waals surface area contributed by atoms with Gasteiger partial charge in [0.15, 0.2) is 5.17 Å². The van der Waals surface area contributed by atoms with Crippen LogP contribution < -0.4 is 5.32 Å². The van der Waals surface area contributed by atoms with Crippen LogP contribution in [-0.2, 0) is 20.9 Å². The first kappa shape index (κ1) is 24.0. The minimum absolute atomic E-state index is 0.0828. The number of benzene rings is 2. The van der Waals surface area contributed by atoms with Crippen molar-refractivity contribution in [1.82, 2.24) is 10.2 Å². The molecule has 6 nitrogen and oxygen atoms in total. The summed E-state index contributed by atoms with van der Waals surface area (Å²) in [4.78, 5) is 32.2. The number of amides is 1. The van der Waals surface area contributed by atoms with E-state index in [1.807, 2.05) is 22.4 Å². The predicted molar refractivity (Wildman–Crippen MR) is 131 cm³/mol. The molecule has 9 heteroatoms. The fraction of sp³-hybridized carbons (Fsp3) is 0.240. The van der Waals surface area contributed by atoms with Crippen LogP contribution in [0.15, 0.2) is 75.9 Å². The van der Waals surface area contributed by atoms with Gasteiger partial charge in [-0.1, -0.05) is 47.6 Å². The molecule has 0 aromatic heterocycles. The molecule has 34 heavy (non-hydrogen) atoms. The number of fused-ring (bicyclic) bond motifs is 1. The Labute approximate surface area is 206 Å². The summed E-state index contributed by atoms with van der Waals surface area (Å²) in [6, 6.07) is 12.7. The zero-order valence-electron chi connectivity index (χ0n) is 18.7. The maximum atomic E-state index is 13.1. The molecule has 1 atom stereocenters. The van der Waals surface area contributed by atoms with Crippen LogP contribution in [0.25, 0.3) is 0 Å². The molecule has 0 aliphatic carbocycles. The van der Waals surface area contributed by atoms with Gasteiger partial charge in [0.25, 0.3) is 0 Å². The molecule has 2 aromatic carbocycles. The first-order chi connectivity index (χ1) is 16.4. The van der Waals surface area contributed by atoms with Crippen LogP contribution in [0.1, 0.15) is 37.4 Å². The van der Waals surface area contributed by atoms with Gasteiger partial charge in [-0.25, -0.2) is 14.2 Å². The molecule has 2 aliphatic heterocycles. The number of rotatable bonds is 7. The van der Waals surface area contributed by atoms with Crippen molar-refractivity contribution in [1.29, 1.82) is 0 Å². The molecule has 0 saturated carbocycles. The maximum absolute atomic E-state index is 13.1. The standard InChI is InChI=1S/C25H23ClFN3O3S/c1-3-33-24(32)22-15(2)29-25-30(23(22)17-5-4-6-18(26)11-17)20(14-34-25)12-21(31)28-13-16-7-9-19(27)10-8-16/h4-11,14,23H,3,12-13H2,1-2H3,(H,28,31). The number of halogens is 2. The average Bonchev–Trinajstić information content (AvgIpc) is 3.19. The molecule has 1 amide bonds. The molecule has 4 rings (SSSR count). The lowest BCUT2D eigenvalue weighted by Crippen LogP contribution is -2.38. The summed E-state index contributed by atoms with van der Waals surface area (Å²) in [5.74, 6) is -0.982. The highest BCUT2D eigenvalue weighted by Crippen LogP contribution is 2.45. The van der Waals surface area contributed by atoms with Gasteiger partial charge in [0.05, 0.1) is 30.3 Å². The average molecular weight is 500 g/mol. The second-order valence-electron chi connectivity index (χ2n) is 7.75. The minimum Gasteiger partial charge on any atom is -0.463 e. The Morgan fingerprint density at radius 3 is 2.71 bits per heavy atom.